The summed E-state index contributed by atoms with van der Waals surface area (Å²) in [6.07, 6.45) is 0. The summed E-state index contributed by atoms with van der Waals surface area (Å²) in [5.41, 5.74) is 2.51. The van der Waals surface area contributed by atoms with Crippen LogP contribution in [0.4, 0.5) is 10.3 Å². The van der Waals surface area contributed by atoms with E-state index >= 15 is 0 Å². The number of piperazine rings is 1. The van der Waals surface area contributed by atoms with Crippen molar-refractivity contribution >= 4 is 16.9 Å². The van der Waals surface area contributed by atoms with Crippen LogP contribution in [0.25, 0.3) is 22.2 Å². The molecule has 2 aromatic carbocycles. The maximum atomic E-state index is 13.7. The molecule has 0 aliphatic carbocycles. The van der Waals surface area contributed by atoms with Crippen molar-refractivity contribution in [1.29, 1.82) is 0 Å². The number of rotatable bonds is 2. The van der Waals surface area contributed by atoms with Crippen LogP contribution >= 0.6 is 0 Å². The van der Waals surface area contributed by atoms with E-state index in [-0.39, 0.29) is 5.82 Å². The summed E-state index contributed by atoms with van der Waals surface area (Å²) in [7, 11) is 0. The summed E-state index contributed by atoms with van der Waals surface area (Å²) >= 11 is 0. The maximum absolute atomic E-state index is 13.7. The lowest BCUT2D eigenvalue weighted by Crippen LogP contribution is -2.50. The second-order valence-electron chi connectivity index (χ2n) is 6.15. The minimum Gasteiger partial charge on any atom is -0.336 e. The van der Waals surface area contributed by atoms with E-state index in [1.54, 1.807) is 6.07 Å². The minimum atomic E-state index is -0.278. The molecule has 0 bridgehead atoms. The number of hydrogen-bond acceptors (Lipinski definition) is 4. The molecule has 1 fully saturated rings. The zero-order valence-electron chi connectivity index (χ0n) is 13.5. The predicted octanol–water partition coefficient (Wildman–Crippen LogP) is 3.23. The first-order chi connectivity index (χ1) is 11.7. The standard InChI is InChI=1S/C19H19FN4/c1-13-12-21-9-10-24(13)19-22-17-11-15(20)7-8-16(17)18(23-19)14-5-3-2-4-6-14/h2-8,11,13,21H,9-10,12H2,1H3. The first-order valence-corrected chi connectivity index (χ1v) is 8.22. The van der Waals surface area contributed by atoms with Gasteiger partial charge in [0.2, 0.25) is 5.95 Å². The summed E-state index contributed by atoms with van der Waals surface area (Å²) in [6, 6.07) is 15.0. The summed E-state index contributed by atoms with van der Waals surface area (Å²) in [5, 5.41) is 4.24. The van der Waals surface area contributed by atoms with Crippen LogP contribution in [0.2, 0.25) is 0 Å². The smallest absolute Gasteiger partial charge is 0.226 e. The van der Waals surface area contributed by atoms with E-state index in [9.17, 15) is 4.39 Å². The molecule has 1 atom stereocenters. The van der Waals surface area contributed by atoms with Crippen molar-refractivity contribution < 1.29 is 4.39 Å². The van der Waals surface area contributed by atoms with Crippen LogP contribution in [0.3, 0.4) is 0 Å². The third kappa shape index (κ3) is 2.71. The lowest BCUT2D eigenvalue weighted by Gasteiger charge is -2.34. The molecule has 0 radical (unpaired) electrons. The van der Waals surface area contributed by atoms with E-state index in [2.05, 4.69) is 22.1 Å². The number of nitrogens with zero attached hydrogens (tertiary/aromatic N) is 3. The molecule has 2 heterocycles. The van der Waals surface area contributed by atoms with E-state index in [4.69, 9.17) is 4.98 Å². The largest absolute Gasteiger partial charge is 0.336 e. The summed E-state index contributed by atoms with van der Waals surface area (Å²) < 4.78 is 13.7. The molecule has 0 spiro atoms. The molecule has 4 rings (SSSR count). The highest BCUT2D eigenvalue weighted by Crippen LogP contribution is 2.29. The summed E-state index contributed by atoms with van der Waals surface area (Å²) in [6.45, 7) is 4.78. The fraction of sp³-hybridized carbons (Fsp3) is 0.263. The van der Waals surface area contributed by atoms with Crippen LogP contribution in [0.1, 0.15) is 6.92 Å². The molecule has 1 N–H and O–H groups in total. The van der Waals surface area contributed by atoms with Crippen LogP contribution in [-0.2, 0) is 0 Å². The van der Waals surface area contributed by atoms with Gasteiger partial charge in [-0.1, -0.05) is 30.3 Å². The molecular formula is C19H19FN4. The highest BCUT2D eigenvalue weighted by atomic mass is 19.1. The molecule has 0 saturated carbocycles. The van der Waals surface area contributed by atoms with Crippen LogP contribution in [0.5, 0.6) is 0 Å². The highest BCUT2D eigenvalue weighted by Gasteiger charge is 2.22. The average molecular weight is 322 g/mol. The van der Waals surface area contributed by atoms with Gasteiger partial charge in [-0.25, -0.2) is 14.4 Å². The van der Waals surface area contributed by atoms with Gasteiger partial charge in [-0.3, -0.25) is 0 Å². The SMILES string of the molecule is CC1CNCCN1c1nc(-c2ccccc2)c2ccc(F)cc2n1. The number of aromatic nitrogens is 2. The van der Waals surface area contributed by atoms with Gasteiger partial charge < -0.3 is 10.2 Å². The van der Waals surface area contributed by atoms with E-state index in [1.807, 2.05) is 30.3 Å². The van der Waals surface area contributed by atoms with E-state index in [0.717, 1.165) is 36.3 Å². The zero-order chi connectivity index (χ0) is 16.5. The van der Waals surface area contributed by atoms with E-state index in [1.165, 1.54) is 12.1 Å². The third-order valence-corrected chi connectivity index (χ3v) is 4.45. The zero-order valence-corrected chi connectivity index (χ0v) is 13.5. The second-order valence-corrected chi connectivity index (χ2v) is 6.15. The molecule has 1 unspecified atom stereocenters. The lowest BCUT2D eigenvalue weighted by molar-refractivity contribution is 0.493. The van der Waals surface area contributed by atoms with Crippen molar-refractivity contribution in [3.8, 4) is 11.3 Å². The number of nitrogens with one attached hydrogen (secondary N) is 1. The lowest BCUT2D eigenvalue weighted by atomic mass is 10.1. The van der Waals surface area contributed by atoms with Gasteiger partial charge in [0.05, 0.1) is 11.2 Å². The van der Waals surface area contributed by atoms with Crippen molar-refractivity contribution in [3.05, 3.63) is 54.3 Å². The van der Waals surface area contributed by atoms with Gasteiger partial charge in [-0.05, 0) is 19.1 Å². The van der Waals surface area contributed by atoms with Crippen molar-refractivity contribution in [2.75, 3.05) is 24.5 Å². The predicted molar refractivity (Wildman–Crippen MR) is 94.6 cm³/mol. The number of hydrogen-bond donors (Lipinski definition) is 1. The fourth-order valence-corrected chi connectivity index (χ4v) is 3.17. The second kappa shape index (κ2) is 6.17. The Morgan fingerprint density at radius 1 is 1.12 bits per heavy atom. The van der Waals surface area contributed by atoms with Gasteiger partial charge in [0.25, 0.3) is 0 Å². The molecule has 5 heteroatoms. The number of anilines is 1. The van der Waals surface area contributed by atoms with Crippen molar-refractivity contribution in [1.82, 2.24) is 15.3 Å². The molecular weight excluding hydrogens is 303 g/mol. The van der Waals surface area contributed by atoms with Gasteiger partial charge in [-0.2, -0.15) is 0 Å². The molecule has 1 aliphatic rings. The van der Waals surface area contributed by atoms with Crippen LogP contribution in [0.15, 0.2) is 48.5 Å². The number of halogens is 1. The molecule has 3 aromatic rings. The minimum absolute atomic E-state index is 0.278. The topological polar surface area (TPSA) is 41.0 Å². The normalized spacial score (nSPS) is 18.1. The monoisotopic (exact) mass is 322 g/mol. The van der Waals surface area contributed by atoms with Crippen LogP contribution in [-0.4, -0.2) is 35.6 Å². The highest BCUT2D eigenvalue weighted by molar-refractivity contribution is 5.93. The van der Waals surface area contributed by atoms with E-state index < -0.39 is 0 Å². The van der Waals surface area contributed by atoms with Gasteiger partial charge >= 0.3 is 0 Å². The molecule has 0 amide bonds. The summed E-state index contributed by atoms with van der Waals surface area (Å²) in [5.74, 6) is 0.389. The Balaban J connectivity index is 1.92. The average Bonchev–Trinajstić information content (AvgIpc) is 2.61. The number of fused-ring (bicyclic) bond motifs is 1. The molecule has 4 nitrogen and oxygen atoms in total. The Bertz CT molecular complexity index is 866. The fourth-order valence-electron chi connectivity index (χ4n) is 3.17. The molecule has 1 saturated heterocycles. The van der Waals surface area contributed by atoms with Crippen LogP contribution in [0, 0.1) is 5.82 Å². The quantitative estimate of drug-likeness (QED) is 0.786. The molecule has 122 valence electrons. The summed E-state index contributed by atoms with van der Waals surface area (Å²) in [4.78, 5) is 11.7. The van der Waals surface area contributed by atoms with Gasteiger partial charge in [-0.15, -0.1) is 0 Å². The van der Waals surface area contributed by atoms with Crippen molar-refractivity contribution in [3.63, 3.8) is 0 Å². The van der Waals surface area contributed by atoms with Crippen molar-refractivity contribution in [2.24, 2.45) is 0 Å². The van der Waals surface area contributed by atoms with Crippen molar-refractivity contribution in [2.45, 2.75) is 13.0 Å². The Kier molecular flexibility index (Phi) is 3.86. The molecule has 1 aliphatic heterocycles. The maximum Gasteiger partial charge on any atom is 0.226 e. The first-order valence-electron chi connectivity index (χ1n) is 8.22. The van der Waals surface area contributed by atoms with Gasteiger partial charge in [0.1, 0.15) is 5.82 Å². The number of benzene rings is 2. The Labute approximate surface area is 140 Å². The Morgan fingerprint density at radius 3 is 2.75 bits per heavy atom. The molecule has 24 heavy (non-hydrogen) atoms. The first kappa shape index (κ1) is 15.0. The van der Waals surface area contributed by atoms with E-state index in [0.29, 0.717) is 17.5 Å². The van der Waals surface area contributed by atoms with Crippen LogP contribution < -0.4 is 10.2 Å². The Morgan fingerprint density at radius 2 is 1.96 bits per heavy atom. The van der Waals surface area contributed by atoms with Gasteiger partial charge in [0, 0.05) is 42.7 Å². The third-order valence-electron chi connectivity index (χ3n) is 4.45. The van der Waals surface area contributed by atoms with Gasteiger partial charge in [0.15, 0.2) is 0 Å². The Hall–Kier alpha value is -2.53. The molecule has 1 aromatic heterocycles.